The van der Waals surface area contributed by atoms with E-state index in [1.807, 2.05) is 0 Å². The molecule has 4 atom stereocenters. The second kappa shape index (κ2) is 6.48. The minimum absolute atomic E-state index is 0.206. The Hall–Kier alpha value is -1.61. The highest BCUT2D eigenvalue weighted by atomic mass is 32.2. The van der Waals surface area contributed by atoms with Gasteiger partial charge in [-0.25, -0.2) is 9.18 Å². The highest BCUT2D eigenvalue weighted by Crippen LogP contribution is 2.35. The van der Waals surface area contributed by atoms with Crippen molar-refractivity contribution < 1.29 is 24.1 Å². The number of aliphatic hydroxyl groups excluding tert-OH is 2. The van der Waals surface area contributed by atoms with Crippen LogP contribution < -0.4 is 10.6 Å². The van der Waals surface area contributed by atoms with Crippen molar-refractivity contribution >= 4 is 23.5 Å². The van der Waals surface area contributed by atoms with E-state index in [-0.39, 0.29) is 18.7 Å². The van der Waals surface area contributed by atoms with Crippen molar-refractivity contribution in [2.24, 2.45) is 5.73 Å². The van der Waals surface area contributed by atoms with Gasteiger partial charge in [0.1, 0.15) is 17.4 Å². The van der Waals surface area contributed by atoms with Crippen molar-refractivity contribution in [3.8, 4) is 0 Å². The van der Waals surface area contributed by atoms with Crippen molar-refractivity contribution in [2.75, 3.05) is 18.0 Å². The lowest BCUT2D eigenvalue weighted by Gasteiger charge is -2.28. The lowest BCUT2D eigenvalue weighted by atomic mass is 9.92. The highest BCUT2D eigenvalue weighted by Gasteiger charge is 2.33. The van der Waals surface area contributed by atoms with Gasteiger partial charge in [0, 0.05) is 12.5 Å². The lowest BCUT2D eigenvalue weighted by Crippen LogP contribution is -2.31. The van der Waals surface area contributed by atoms with Gasteiger partial charge in [-0.05, 0) is 23.1 Å². The number of cyclic esters (lactones) is 1. The zero-order valence-corrected chi connectivity index (χ0v) is 12.9. The van der Waals surface area contributed by atoms with Gasteiger partial charge in [-0.1, -0.05) is 12.1 Å². The van der Waals surface area contributed by atoms with E-state index in [1.165, 1.54) is 17.0 Å². The number of halogens is 1. The maximum atomic E-state index is 14.5. The van der Waals surface area contributed by atoms with Crippen molar-refractivity contribution in [3.63, 3.8) is 0 Å². The quantitative estimate of drug-likeness (QED) is 0.763. The molecule has 1 aromatic rings. The molecule has 0 aromatic heterocycles. The van der Waals surface area contributed by atoms with Crippen LogP contribution in [0.2, 0.25) is 0 Å². The Labute approximate surface area is 136 Å². The molecule has 1 aromatic carbocycles. The number of rotatable bonds is 3. The number of ether oxygens (including phenoxy) is 1. The first-order valence-electron chi connectivity index (χ1n) is 7.17. The van der Waals surface area contributed by atoms with Crippen molar-refractivity contribution in [3.05, 3.63) is 41.1 Å². The number of nitrogens with zero attached hydrogens (tertiary/aromatic N) is 1. The molecule has 0 aliphatic carbocycles. The van der Waals surface area contributed by atoms with Gasteiger partial charge in [0.25, 0.3) is 0 Å². The Bertz CT molecular complexity index is 642. The lowest BCUT2D eigenvalue weighted by molar-refractivity contribution is 0.0613. The third-order valence-corrected chi connectivity index (χ3v) is 4.83. The zero-order chi connectivity index (χ0) is 16.6. The molecule has 0 spiro atoms. The number of thioether (sulfide) groups is 1. The van der Waals surface area contributed by atoms with Crippen molar-refractivity contribution in [2.45, 2.75) is 23.6 Å². The number of nitrogens with two attached hydrogens (primary N) is 1. The summed E-state index contributed by atoms with van der Waals surface area (Å²) in [5, 5.41) is 21.3. The summed E-state index contributed by atoms with van der Waals surface area (Å²) in [5.74, 6) is -1.19. The Morgan fingerprint density at radius 1 is 1.43 bits per heavy atom. The van der Waals surface area contributed by atoms with Gasteiger partial charge in [0.2, 0.25) is 0 Å². The van der Waals surface area contributed by atoms with Crippen molar-refractivity contribution in [1.82, 2.24) is 0 Å². The summed E-state index contributed by atoms with van der Waals surface area (Å²) >= 11 is 1.08. The van der Waals surface area contributed by atoms with Gasteiger partial charge in [0.05, 0.1) is 18.3 Å². The van der Waals surface area contributed by atoms with Crippen LogP contribution in [0.1, 0.15) is 11.5 Å². The van der Waals surface area contributed by atoms with Crippen LogP contribution >= 0.6 is 11.8 Å². The summed E-state index contributed by atoms with van der Waals surface area (Å²) < 4.78 is 19.5. The summed E-state index contributed by atoms with van der Waals surface area (Å²) in [6.45, 7) is 0.479. The molecule has 124 valence electrons. The third kappa shape index (κ3) is 3.07. The Morgan fingerprint density at radius 3 is 2.87 bits per heavy atom. The number of hydrogen-bond acceptors (Lipinski definition) is 6. The number of anilines is 1. The average molecular weight is 340 g/mol. The van der Waals surface area contributed by atoms with Gasteiger partial charge < -0.3 is 20.7 Å². The molecule has 1 saturated heterocycles. The van der Waals surface area contributed by atoms with Crippen molar-refractivity contribution in [1.29, 1.82) is 0 Å². The van der Waals surface area contributed by atoms with Crippen LogP contribution in [0.4, 0.5) is 14.9 Å². The van der Waals surface area contributed by atoms with Gasteiger partial charge >= 0.3 is 6.09 Å². The zero-order valence-electron chi connectivity index (χ0n) is 12.1. The number of benzene rings is 1. The number of amides is 1. The molecule has 6 nitrogen and oxygen atoms in total. The van der Waals surface area contributed by atoms with E-state index in [9.17, 15) is 19.4 Å². The van der Waals surface area contributed by atoms with Crippen LogP contribution in [0.25, 0.3) is 0 Å². The SMILES string of the molecule is NC[C@H]1CN(c2ccc(C3C=CSC(O)C3O)c(F)c2)C(=O)O1. The second-order valence-corrected chi connectivity index (χ2v) is 6.46. The Balaban J connectivity index is 1.85. The van der Waals surface area contributed by atoms with Gasteiger partial charge in [-0.3, -0.25) is 4.90 Å². The van der Waals surface area contributed by atoms with Crippen LogP contribution in [0.5, 0.6) is 0 Å². The molecule has 2 heterocycles. The monoisotopic (exact) mass is 340 g/mol. The first-order chi connectivity index (χ1) is 11.0. The molecule has 0 saturated carbocycles. The molecule has 1 amide bonds. The van der Waals surface area contributed by atoms with Crippen LogP contribution in [-0.2, 0) is 4.74 Å². The normalized spacial score (nSPS) is 30.6. The summed E-state index contributed by atoms with van der Waals surface area (Å²) in [7, 11) is 0. The molecule has 0 radical (unpaired) electrons. The van der Waals surface area contributed by atoms with Gasteiger partial charge in [-0.2, -0.15) is 0 Å². The molecule has 2 aliphatic rings. The fraction of sp³-hybridized carbons (Fsp3) is 0.400. The maximum Gasteiger partial charge on any atom is 0.414 e. The molecule has 3 unspecified atom stereocenters. The topological polar surface area (TPSA) is 96.0 Å². The second-order valence-electron chi connectivity index (χ2n) is 5.43. The fourth-order valence-electron chi connectivity index (χ4n) is 2.68. The Morgan fingerprint density at radius 2 is 2.22 bits per heavy atom. The summed E-state index contributed by atoms with van der Waals surface area (Å²) in [5.41, 5.74) is 5.12. The molecule has 2 aliphatic heterocycles. The third-order valence-electron chi connectivity index (χ3n) is 3.96. The summed E-state index contributed by atoms with van der Waals surface area (Å²) in [6, 6.07) is 4.33. The van der Waals surface area contributed by atoms with E-state index in [1.54, 1.807) is 17.6 Å². The largest absolute Gasteiger partial charge is 0.443 e. The van der Waals surface area contributed by atoms with Gasteiger partial charge in [0.15, 0.2) is 0 Å². The highest BCUT2D eigenvalue weighted by molar-refractivity contribution is 8.02. The standard InChI is InChI=1S/C15H17FN2O4S/c16-12-5-8(18-7-9(6-17)22-15(18)21)1-2-10(12)11-3-4-23-14(20)13(11)19/h1-5,9,11,13-14,19-20H,6-7,17H2/t9-,11?,13?,14?/m0/s1. The molecule has 0 bridgehead atoms. The fourth-order valence-corrected chi connectivity index (χ4v) is 3.43. The Kier molecular flexibility index (Phi) is 4.58. The predicted molar refractivity (Wildman–Crippen MR) is 84.6 cm³/mol. The minimum atomic E-state index is -1.09. The molecule has 23 heavy (non-hydrogen) atoms. The van der Waals surface area contributed by atoms with E-state index in [0.717, 1.165) is 11.8 Å². The average Bonchev–Trinajstić information content (AvgIpc) is 2.91. The first kappa shape index (κ1) is 16.3. The van der Waals surface area contributed by atoms with Crippen LogP contribution in [0.15, 0.2) is 29.7 Å². The smallest absolute Gasteiger partial charge is 0.414 e. The van der Waals surface area contributed by atoms with Crippen LogP contribution in [0.3, 0.4) is 0 Å². The molecule has 8 heteroatoms. The molecular weight excluding hydrogens is 323 g/mol. The van der Waals surface area contributed by atoms with Gasteiger partial charge in [-0.15, -0.1) is 11.8 Å². The van der Waals surface area contributed by atoms with E-state index >= 15 is 0 Å². The molecular formula is C15H17FN2O4S. The van der Waals surface area contributed by atoms with E-state index in [4.69, 9.17) is 10.5 Å². The summed E-state index contributed by atoms with van der Waals surface area (Å²) in [4.78, 5) is 13.1. The first-order valence-corrected chi connectivity index (χ1v) is 8.11. The molecule has 3 rings (SSSR count). The summed E-state index contributed by atoms with van der Waals surface area (Å²) in [6.07, 6.45) is -0.407. The van der Waals surface area contributed by atoms with E-state index < -0.39 is 35.5 Å². The van der Waals surface area contributed by atoms with Crippen LogP contribution in [-0.4, -0.2) is 47.0 Å². The maximum absolute atomic E-state index is 14.5. The number of hydrogen-bond donors (Lipinski definition) is 3. The minimum Gasteiger partial charge on any atom is -0.443 e. The number of aliphatic hydroxyl groups is 2. The van der Waals surface area contributed by atoms with E-state index in [0.29, 0.717) is 5.69 Å². The van der Waals surface area contributed by atoms with E-state index in [2.05, 4.69) is 0 Å². The van der Waals surface area contributed by atoms with Crippen LogP contribution in [0, 0.1) is 5.82 Å². The molecule has 4 N–H and O–H groups in total. The molecule has 1 fully saturated rings. The number of carbonyl (C=O) groups excluding carboxylic acids is 1. The predicted octanol–water partition coefficient (Wildman–Crippen LogP) is 1.13. The number of carbonyl (C=O) groups is 1.